The zero-order chi connectivity index (χ0) is 8.23. The Morgan fingerprint density at radius 2 is 1.50 bits per heavy atom. The first-order chi connectivity index (χ1) is 5.95. The molecule has 0 aromatic carbocycles. The molecule has 0 bridgehead atoms. The minimum Gasteiger partial charge on any atom is -0.378 e. The third-order valence-corrected chi connectivity index (χ3v) is 2.61. The molecule has 0 aromatic rings. The van der Waals surface area contributed by atoms with Crippen LogP contribution in [0, 0.1) is 6.42 Å². The summed E-state index contributed by atoms with van der Waals surface area (Å²) in [6.07, 6.45) is 9.17. The van der Waals surface area contributed by atoms with E-state index in [1.54, 1.807) is 0 Å². The average molecular weight is 169 g/mol. The smallest absolute Gasteiger partial charge is 0.0633 e. The Morgan fingerprint density at radius 3 is 2.08 bits per heavy atom. The molecule has 2 fully saturated rings. The summed E-state index contributed by atoms with van der Waals surface area (Å²) < 4.78 is 11.1. The van der Waals surface area contributed by atoms with Gasteiger partial charge < -0.3 is 9.47 Å². The summed E-state index contributed by atoms with van der Waals surface area (Å²) in [5.74, 6) is 0. The Hall–Kier alpha value is -0.0800. The quantitative estimate of drug-likeness (QED) is 0.629. The van der Waals surface area contributed by atoms with Crippen LogP contribution in [0.25, 0.3) is 0 Å². The SMILES string of the molecule is [CH](C1CCCCO1)C1CCCO1. The maximum Gasteiger partial charge on any atom is 0.0633 e. The van der Waals surface area contributed by atoms with Crippen molar-refractivity contribution in [2.24, 2.45) is 0 Å². The summed E-state index contributed by atoms with van der Waals surface area (Å²) in [5.41, 5.74) is 0. The first-order valence-electron chi connectivity index (χ1n) is 5.03. The van der Waals surface area contributed by atoms with Gasteiger partial charge in [0, 0.05) is 19.6 Å². The third kappa shape index (κ3) is 2.20. The molecule has 2 nitrogen and oxygen atoms in total. The maximum atomic E-state index is 5.60. The highest BCUT2D eigenvalue weighted by Gasteiger charge is 2.22. The van der Waals surface area contributed by atoms with Crippen LogP contribution in [0.4, 0.5) is 0 Å². The molecule has 1 radical (unpaired) electrons. The Labute approximate surface area is 74.2 Å². The molecule has 0 amide bonds. The van der Waals surface area contributed by atoms with Crippen LogP contribution in [-0.4, -0.2) is 25.4 Å². The van der Waals surface area contributed by atoms with E-state index in [2.05, 4.69) is 6.42 Å². The Balaban J connectivity index is 1.69. The molecule has 2 aliphatic rings. The van der Waals surface area contributed by atoms with Crippen LogP contribution in [0.15, 0.2) is 0 Å². The van der Waals surface area contributed by atoms with Crippen LogP contribution in [0.3, 0.4) is 0 Å². The van der Waals surface area contributed by atoms with E-state index in [-0.39, 0.29) is 0 Å². The number of rotatable bonds is 2. The molecule has 2 rings (SSSR count). The summed E-state index contributed by atoms with van der Waals surface area (Å²) in [5, 5.41) is 0. The van der Waals surface area contributed by atoms with Crippen LogP contribution in [0.1, 0.15) is 32.1 Å². The molecule has 0 spiro atoms. The predicted molar refractivity (Wildman–Crippen MR) is 46.9 cm³/mol. The predicted octanol–water partition coefficient (Wildman–Crippen LogP) is 1.94. The van der Waals surface area contributed by atoms with Gasteiger partial charge in [0.15, 0.2) is 0 Å². The van der Waals surface area contributed by atoms with E-state index >= 15 is 0 Å². The van der Waals surface area contributed by atoms with Crippen molar-refractivity contribution in [1.82, 2.24) is 0 Å². The van der Waals surface area contributed by atoms with Gasteiger partial charge in [0.2, 0.25) is 0 Å². The number of hydrogen-bond donors (Lipinski definition) is 0. The lowest BCUT2D eigenvalue weighted by Gasteiger charge is -2.24. The van der Waals surface area contributed by atoms with E-state index in [1.807, 2.05) is 0 Å². The Bertz CT molecular complexity index is 124. The van der Waals surface area contributed by atoms with Crippen LogP contribution in [-0.2, 0) is 9.47 Å². The molecule has 2 aliphatic heterocycles. The van der Waals surface area contributed by atoms with Gasteiger partial charge in [0.25, 0.3) is 0 Å². The fourth-order valence-electron chi connectivity index (χ4n) is 1.91. The minimum atomic E-state index is 0.377. The number of hydrogen-bond acceptors (Lipinski definition) is 2. The van der Waals surface area contributed by atoms with Crippen molar-refractivity contribution in [3.05, 3.63) is 6.42 Å². The second-order valence-electron chi connectivity index (χ2n) is 3.65. The maximum absolute atomic E-state index is 5.60. The van der Waals surface area contributed by atoms with E-state index in [9.17, 15) is 0 Å². The average Bonchev–Trinajstić information content (AvgIpc) is 2.59. The van der Waals surface area contributed by atoms with Crippen molar-refractivity contribution < 1.29 is 9.47 Å². The van der Waals surface area contributed by atoms with Crippen molar-refractivity contribution in [2.45, 2.75) is 44.3 Å². The van der Waals surface area contributed by atoms with Crippen molar-refractivity contribution >= 4 is 0 Å². The molecule has 2 heteroatoms. The molecule has 2 atom stereocenters. The summed E-state index contributed by atoms with van der Waals surface area (Å²) >= 11 is 0. The largest absolute Gasteiger partial charge is 0.378 e. The molecule has 0 N–H and O–H groups in total. The number of ether oxygens (including phenoxy) is 2. The van der Waals surface area contributed by atoms with Gasteiger partial charge in [-0.2, -0.15) is 0 Å². The second-order valence-corrected chi connectivity index (χ2v) is 3.65. The highest BCUT2D eigenvalue weighted by molar-refractivity contribution is 4.89. The van der Waals surface area contributed by atoms with Gasteiger partial charge in [-0.1, -0.05) is 0 Å². The summed E-state index contributed by atoms with van der Waals surface area (Å²) in [7, 11) is 0. The molecule has 0 aromatic heterocycles. The van der Waals surface area contributed by atoms with Crippen LogP contribution in [0.5, 0.6) is 0 Å². The monoisotopic (exact) mass is 169 g/mol. The summed E-state index contributed by atoms with van der Waals surface area (Å²) in [6, 6.07) is 0. The molecule has 2 heterocycles. The van der Waals surface area contributed by atoms with Crippen molar-refractivity contribution in [3.8, 4) is 0 Å². The molecule has 2 unspecified atom stereocenters. The van der Waals surface area contributed by atoms with Gasteiger partial charge in [-0.05, 0) is 32.1 Å². The van der Waals surface area contributed by atoms with Gasteiger partial charge in [0.1, 0.15) is 0 Å². The zero-order valence-corrected chi connectivity index (χ0v) is 7.50. The topological polar surface area (TPSA) is 18.5 Å². The van der Waals surface area contributed by atoms with Crippen LogP contribution in [0.2, 0.25) is 0 Å². The van der Waals surface area contributed by atoms with E-state index in [4.69, 9.17) is 9.47 Å². The fraction of sp³-hybridized carbons (Fsp3) is 0.900. The first kappa shape index (κ1) is 8.52. The van der Waals surface area contributed by atoms with Gasteiger partial charge >= 0.3 is 0 Å². The second kappa shape index (κ2) is 4.24. The highest BCUT2D eigenvalue weighted by Crippen LogP contribution is 2.22. The Morgan fingerprint density at radius 1 is 0.833 bits per heavy atom. The molecule has 2 saturated heterocycles. The molecular formula is C10H17O2. The van der Waals surface area contributed by atoms with Crippen LogP contribution >= 0.6 is 0 Å². The molecule has 12 heavy (non-hydrogen) atoms. The fourth-order valence-corrected chi connectivity index (χ4v) is 1.91. The van der Waals surface area contributed by atoms with Gasteiger partial charge in [0.05, 0.1) is 12.2 Å². The lowest BCUT2D eigenvalue weighted by molar-refractivity contribution is 0.0151. The molecular weight excluding hydrogens is 152 g/mol. The van der Waals surface area contributed by atoms with Gasteiger partial charge in [-0.3, -0.25) is 0 Å². The lowest BCUT2D eigenvalue weighted by atomic mass is 10.0. The first-order valence-corrected chi connectivity index (χ1v) is 5.03. The van der Waals surface area contributed by atoms with E-state index in [1.165, 1.54) is 32.1 Å². The summed E-state index contributed by atoms with van der Waals surface area (Å²) in [6.45, 7) is 1.88. The zero-order valence-electron chi connectivity index (χ0n) is 7.50. The van der Waals surface area contributed by atoms with E-state index < -0.39 is 0 Å². The third-order valence-electron chi connectivity index (χ3n) is 2.61. The normalized spacial score (nSPS) is 37.0. The van der Waals surface area contributed by atoms with Gasteiger partial charge in [-0.25, -0.2) is 0 Å². The molecule has 0 aliphatic carbocycles. The summed E-state index contributed by atoms with van der Waals surface area (Å²) in [4.78, 5) is 0. The van der Waals surface area contributed by atoms with E-state index in [0.717, 1.165) is 13.2 Å². The Kier molecular flexibility index (Phi) is 3.01. The standard InChI is InChI=1S/C10H17O2/c1-2-6-11-9(4-1)8-10-5-3-7-12-10/h8-10H,1-7H2. The minimum absolute atomic E-state index is 0.377. The highest BCUT2D eigenvalue weighted by atomic mass is 16.5. The van der Waals surface area contributed by atoms with Crippen molar-refractivity contribution in [1.29, 1.82) is 0 Å². The van der Waals surface area contributed by atoms with Crippen molar-refractivity contribution in [2.75, 3.05) is 13.2 Å². The lowest BCUT2D eigenvalue weighted by Crippen LogP contribution is -2.25. The van der Waals surface area contributed by atoms with Crippen LogP contribution < -0.4 is 0 Å². The molecule has 0 saturated carbocycles. The van der Waals surface area contributed by atoms with Crippen molar-refractivity contribution in [3.63, 3.8) is 0 Å². The molecule has 69 valence electrons. The van der Waals surface area contributed by atoms with Gasteiger partial charge in [-0.15, -0.1) is 0 Å². The van der Waals surface area contributed by atoms with E-state index in [0.29, 0.717) is 12.2 Å².